The molecule has 4 nitrogen and oxygen atoms in total. The second-order valence-electron chi connectivity index (χ2n) is 6.37. The number of alkyl halides is 3. The van der Waals surface area contributed by atoms with Gasteiger partial charge in [-0.2, -0.15) is 17.5 Å². The van der Waals surface area contributed by atoms with Crippen molar-refractivity contribution in [3.63, 3.8) is 0 Å². The zero-order valence-corrected chi connectivity index (χ0v) is 16.1. The van der Waals surface area contributed by atoms with E-state index in [0.717, 1.165) is 22.7 Å². The van der Waals surface area contributed by atoms with Crippen LogP contribution in [-0.2, 0) is 29.2 Å². The summed E-state index contributed by atoms with van der Waals surface area (Å²) in [6, 6.07) is 13.1. The molecule has 2 heterocycles. The summed E-state index contributed by atoms with van der Waals surface area (Å²) in [6.45, 7) is 0.533. The van der Waals surface area contributed by atoms with Crippen molar-refractivity contribution in [3.8, 4) is 10.6 Å². The van der Waals surface area contributed by atoms with Gasteiger partial charge in [0.15, 0.2) is 0 Å². The number of nitrogens with zero attached hydrogens (tertiary/aromatic N) is 2. The summed E-state index contributed by atoms with van der Waals surface area (Å²) in [5.41, 5.74) is 0.682. The summed E-state index contributed by atoms with van der Waals surface area (Å²) >= 11 is 1.32. The molecule has 146 valence electrons. The summed E-state index contributed by atoms with van der Waals surface area (Å²) in [7, 11) is -3.59. The molecular weight excluding hydrogens is 409 g/mol. The van der Waals surface area contributed by atoms with Crippen molar-refractivity contribution in [1.29, 1.82) is 0 Å². The summed E-state index contributed by atoms with van der Waals surface area (Å²) in [6.07, 6.45) is -3.91. The molecule has 9 heteroatoms. The molecule has 0 saturated carbocycles. The third kappa shape index (κ3) is 3.57. The van der Waals surface area contributed by atoms with Gasteiger partial charge in [-0.05, 0) is 24.3 Å². The fourth-order valence-electron chi connectivity index (χ4n) is 3.04. The lowest BCUT2D eigenvalue weighted by atomic mass is 10.1. The van der Waals surface area contributed by atoms with Gasteiger partial charge in [-0.3, -0.25) is 0 Å². The van der Waals surface area contributed by atoms with Crippen LogP contribution >= 0.6 is 11.3 Å². The molecule has 0 spiro atoms. The normalized spacial score (nSPS) is 15.4. The minimum Gasteiger partial charge on any atom is -0.241 e. The number of benzene rings is 2. The maximum absolute atomic E-state index is 12.8. The number of rotatable bonds is 3. The third-order valence-electron chi connectivity index (χ3n) is 4.54. The Morgan fingerprint density at radius 1 is 1.00 bits per heavy atom. The predicted molar refractivity (Wildman–Crippen MR) is 100 cm³/mol. The molecular formula is C19H15F3N2O2S2. The fourth-order valence-corrected chi connectivity index (χ4v) is 5.68. The topological polar surface area (TPSA) is 50.3 Å². The second kappa shape index (κ2) is 6.98. The van der Waals surface area contributed by atoms with E-state index in [0.29, 0.717) is 23.5 Å². The molecule has 0 fully saturated rings. The molecule has 0 amide bonds. The minimum absolute atomic E-state index is 0.213. The van der Waals surface area contributed by atoms with Crippen molar-refractivity contribution in [3.05, 3.63) is 70.7 Å². The highest BCUT2D eigenvalue weighted by Crippen LogP contribution is 2.35. The Hall–Kier alpha value is -2.23. The SMILES string of the molecule is O=S(=O)(c1ccccc1)N1CCc2nc(-c3ccc(C(F)(F)F)cc3)sc2C1. The van der Waals surface area contributed by atoms with Gasteiger partial charge in [-0.1, -0.05) is 30.3 Å². The van der Waals surface area contributed by atoms with E-state index in [1.54, 1.807) is 30.3 Å². The average Bonchev–Trinajstić information content (AvgIpc) is 3.11. The molecule has 0 aliphatic carbocycles. The number of hydrogen-bond acceptors (Lipinski definition) is 4. The van der Waals surface area contributed by atoms with Crippen LogP contribution in [0.1, 0.15) is 16.1 Å². The minimum atomic E-state index is -4.38. The lowest BCUT2D eigenvalue weighted by Crippen LogP contribution is -2.35. The molecule has 0 saturated heterocycles. The van der Waals surface area contributed by atoms with Crippen molar-refractivity contribution in [2.24, 2.45) is 0 Å². The van der Waals surface area contributed by atoms with Crippen LogP contribution in [-0.4, -0.2) is 24.3 Å². The molecule has 0 N–H and O–H groups in total. The lowest BCUT2D eigenvalue weighted by Gasteiger charge is -2.25. The Balaban J connectivity index is 1.59. The first kappa shape index (κ1) is 19.1. The van der Waals surface area contributed by atoms with Gasteiger partial charge >= 0.3 is 6.18 Å². The molecule has 2 aromatic carbocycles. The zero-order valence-electron chi connectivity index (χ0n) is 14.5. The van der Waals surface area contributed by atoms with Gasteiger partial charge < -0.3 is 0 Å². The zero-order chi connectivity index (χ0) is 19.9. The van der Waals surface area contributed by atoms with E-state index in [1.807, 2.05) is 0 Å². The van der Waals surface area contributed by atoms with Crippen molar-refractivity contribution >= 4 is 21.4 Å². The van der Waals surface area contributed by atoms with Crippen molar-refractivity contribution in [2.75, 3.05) is 6.54 Å². The summed E-state index contributed by atoms with van der Waals surface area (Å²) in [5.74, 6) is 0. The molecule has 1 aromatic heterocycles. The summed E-state index contributed by atoms with van der Waals surface area (Å²) in [5, 5.41) is 0.595. The molecule has 4 rings (SSSR count). The highest BCUT2D eigenvalue weighted by Gasteiger charge is 2.32. The third-order valence-corrected chi connectivity index (χ3v) is 7.53. The number of fused-ring (bicyclic) bond motifs is 1. The number of hydrogen-bond donors (Lipinski definition) is 0. The molecule has 1 aliphatic rings. The van der Waals surface area contributed by atoms with Crippen LogP contribution in [0.3, 0.4) is 0 Å². The van der Waals surface area contributed by atoms with E-state index in [4.69, 9.17) is 0 Å². The molecule has 0 unspecified atom stereocenters. The van der Waals surface area contributed by atoms with E-state index < -0.39 is 21.8 Å². The second-order valence-corrected chi connectivity index (χ2v) is 9.39. The Labute approximate surface area is 164 Å². The van der Waals surface area contributed by atoms with Crippen LogP contribution in [0.25, 0.3) is 10.6 Å². The van der Waals surface area contributed by atoms with Crippen LogP contribution in [0.15, 0.2) is 59.5 Å². The standard InChI is InChI=1S/C19H15F3N2O2S2/c20-19(21,22)14-8-6-13(7-9-14)18-23-16-10-11-24(12-17(16)27-18)28(25,26)15-4-2-1-3-5-15/h1-9H,10-12H2. The number of thiazole rings is 1. The maximum Gasteiger partial charge on any atom is 0.416 e. The Kier molecular flexibility index (Phi) is 4.76. The Bertz CT molecular complexity index is 1090. The Morgan fingerprint density at radius 3 is 2.32 bits per heavy atom. The van der Waals surface area contributed by atoms with E-state index >= 15 is 0 Å². The summed E-state index contributed by atoms with van der Waals surface area (Å²) in [4.78, 5) is 5.58. The van der Waals surface area contributed by atoms with Gasteiger partial charge in [-0.25, -0.2) is 13.4 Å². The van der Waals surface area contributed by atoms with Gasteiger partial charge in [-0.15, -0.1) is 11.3 Å². The van der Waals surface area contributed by atoms with Gasteiger partial charge in [0, 0.05) is 23.4 Å². The molecule has 3 aromatic rings. The maximum atomic E-state index is 12.8. The van der Waals surface area contributed by atoms with Crippen LogP contribution < -0.4 is 0 Å². The largest absolute Gasteiger partial charge is 0.416 e. The predicted octanol–water partition coefficient (Wildman–Crippen LogP) is 4.58. The molecule has 0 atom stereocenters. The van der Waals surface area contributed by atoms with Gasteiger partial charge in [0.05, 0.1) is 22.7 Å². The quantitative estimate of drug-likeness (QED) is 0.619. The van der Waals surface area contributed by atoms with Gasteiger partial charge in [0.1, 0.15) is 5.01 Å². The average molecular weight is 424 g/mol. The summed E-state index contributed by atoms with van der Waals surface area (Å²) < 4.78 is 65.2. The molecule has 0 bridgehead atoms. The van der Waals surface area contributed by atoms with Gasteiger partial charge in [0.2, 0.25) is 10.0 Å². The first-order valence-electron chi connectivity index (χ1n) is 8.46. The van der Waals surface area contributed by atoms with E-state index in [9.17, 15) is 21.6 Å². The lowest BCUT2D eigenvalue weighted by molar-refractivity contribution is -0.137. The smallest absolute Gasteiger partial charge is 0.241 e. The van der Waals surface area contributed by atoms with Crippen LogP contribution in [0.2, 0.25) is 0 Å². The van der Waals surface area contributed by atoms with E-state index in [-0.39, 0.29) is 11.4 Å². The molecule has 1 aliphatic heterocycles. The van der Waals surface area contributed by atoms with E-state index in [1.165, 1.54) is 27.8 Å². The van der Waals surface area contributed by atoms with Crippen LogP contribution in [0, 0.1) is 0 Å². The first-order chi connectivity index (χ1) is 13.2. The van der Waals surface area contributed by atoms with Crippen molar-refractivity contribution < 1.29 is 21.6 Å². The highest BCUT2D eigenvalue weighted by molar-refractivity contribution is 7.89. The van der Waals surface area contributed by atoms with Crippen LogP contribution in [0.4, 0.5) is 13.2 Å². The van der Waals surface area contributed by atoms with Gasteiger partial charge in [0.25, 0.3) is 0 Å². The first-order valence-corrected chi connectivity index (χ1v) is 10.7. The fraction of sp³-hybridized carbons (Fsp3) is 0.211. The Morgan fingerprint density at radius 2 is 1.68 bits per heavy atom. The number of sulfonamides is 1. The number of halogens is 3. The van der Waals surface area contributed by atoms with Crippen molar-refractivity contribution in [2.45, 2.75) is 24.0 Å². The number of aromatic nitrogens is 1. The van der Waals surface area contributed by atoms with Crippen LogP contribution in [0.5, 0.6) is 0 Å². The molecule has 28 heavy (non-hydrogen) atoms. The highest BCUT2D eigenvalue weighted by atomic mass is 32.2. The monoisotopic (exact) mass is 424 g/mol. The molecule has 0 radical (unpaired) electrons. The van der Waals surface area contributed by atoms with Crippen molar-refractivity contribution in [1.82, 2.24) is 9.29 Å². The van der Waals surface area contributed by atoms with E-state index in [2.05, 4.69) is 4.98 Å².